The molecule has 0 amide bonds. The Morgan fingerprint density at radius 1 is 1.38 bits per heavy atom. The lowest BCUT2D eigenvalue weighted by atomic mass is 10.1. The van der Waals surface area contributed by atoms with Crippen LogP contribution in [-0.4, -0.2) is 23.8 Å². The van der Waals surface area contributed by atoms with Gasteiger partial charge in [-0.3, -0.25) is 4.79 Å². The van der Waals surface area contributed by atoms with E-state index in [2.05, 4.69) is 6.92 Å². The Kier molecular flexibility index (Phi) is 7.69. The van der Waals surface area contributed by atoms with Gasteiger partial charge >= 0.3 is 5.97 Å². The van der Waals surface area contributed by atoms with Crippen molar-refractivity contribution in [1.29, 1.82) is 0 Å². The molecule has 0 aromatic carbocycles. The van der Waals surface area contributed by atoms with E-state index in [-0.39, 0.29) is 12.1 Å². The lowest BCUT2D eigenvalue weighted by Crippen LogP contribution is -2.11. The molecule has 0 aliphatic carbocycles. The molecule has 0 aromatic heterocycles. The summed E-state index contributed by atoms with van der Waals surface area (Å²) >= 11 is 0. The zero-order valence-electron chi connectivity index (χ0n) is 8.58. The second kappa shape index (κ2) is 8.05. The maximum atomic E-state index is 10.4. The van der Waals surface area contributed by atoms with Gasteiger partial charge in [-0.15, -0.1) is 0 Å². The fourth-order valence-corrected chi connectivity index (χ4v) is 1.11. The smallest absolute Gasteiger partial charge is 0.302 e. The van der Waals surface area contributed by atoms with Crippen molar-refractivity contribution in [3.05, 3.63) is 0 Å². The van der Waals surface area contributed by atoms with E-state index in [1.807, 2.05) is 0 Å². The second-order valence-corrected chi connectivity index (χ2v) is 3.28. The van der Waals surface area contributed by atoms with E-state index in [9.17, 15) is 9.90 Å². The van der Waals surface area contributed by atoms with Crippen LogP contribution in [0.2, 0.25) is 0 Å². The number of ether oxygens (including phenoxy) is 1. The molecule has 3 nitrogen and oxygen atoms in total. The Hall–Kier alpha value is -0.570. The molecule has 0 spiro atoms. The Bertz CT molecular complexity index is 134. The summed E-state index contributed by atoms with van der Waals surface area (Å²) in [5, 5.41) is 9.40. The first-order valence-corrected chi connectivity index (χ1v) is 4.98. The fourth-order valence-electron chi connectivity index (χ4n) is 1.11. The minimum absolute atomic E-state index is 0.277. The van der Waals surface area contributed by atoms with Crippen LogP contribution in [0.25, 0.3) is 0 Å². The number of rotatable bonds is 7. The molecule has 3 heteroatoms. The molecule has 0 aromatic rings. The molecule has 0 aliphatic rings. The first-order chi connectivity index (χ1) is 6.16. The predicted octanol–water partition coefficient (Wildman–Crippen LogP) is 1.88. The summed E-state index contributed by atoms with van der Waals surface area (Å²) in [6.45, 7) is 3.84. The second-order valence-electron chi connectivity index (χ2n) is 3.28. The molecule has 0 heterocycles. The van der Waals surface area contributed by atoms with E-state index in [1.54, 1.807) is 0 Å². The van der Waals surface area contributed by atoms with E-state index in [1.165, 1.54) is 6.92 Å². The van der Waals surface area contributed by atoms with Gasteiger partial charge in [-0.25, -0.2) is 0 Å². The van der Waals surface area contributed by atoms with Crippen molar-refractivity contribution in [3.8, 4) is 0 Å². The summed E-state index contributed by atoms with van der Waals surface area (Å²) in [5.74, 6) is -0.277. The van der Waals surface area contributed by atoms with Crippen LogP contribution in [0, 0.1) is 0 Å². The SMILES string of the molecule is CCCCCC(O)CCOC(C)=O. The van der Waals surface area contributed by atoms with Gasteiger partial charge in [-0.05, 0) is 6.42 Å². The molecule has 0 radical (unpaired) electrons. The Labute approximate surface area is 80.1 Å². The van der Waals surface area contributed by atoms with Crippen LogP contribution in [0.3, 0.4) is 0 Å². The topological polar surface area (TPSA) is 46.5 Å². The first kappa shape index (κ1) is 12.4. The van der Waals surface area contributed by atoms with Gasteiger partial charge in [0.2, 0.25) is 0 Å². The molecule has 1 unspecified atom stereocenters. The van der Waals surface area contributed by atoms with Gasteiger partial charge < -0.3 is 9.84 Å². The third kappa shape index (κ3) is 9.34. The highest BCUT2D eigenvalue weighted by molar-refractivity contribution is 5.65. The van der Waals surface area contributed by atoms with Gasteiger partial charge in [-0.2, -0.15) is 0 Å². The van der Waals surface area contributed by atoms with E-state index < -0.39 is 0 Å². The average Bonchev–Trinajstić information content (AvgIpc) is 2.04. The molecule has 1 atom stereocenters. The van der Waals surface area contributed by atoms with Crippen molar-refractivity contribution in [2.24, 2.45) is 0 Å². The van der Waals surface area contributed by atoms with E-state index in [0.29, 0.717) is 13.0 Å². The monoisotopic (exact) mass is 188 g/mol. The molecular weight excluding hydrogens is 168 g/mol. The highest BCUT2D eigenvalue weighted by atomic mass is 16.5. The van der Waals surface area contributed by atoms with Crippen molar-refractivity contribution in [2.45, 2.75) is 52.1 Å². The van der Waals surface area contributed by atoms with Gasteiger partial charge in [0, 0.05) is 13.3 Å². The zero-order valence-corrected chi connectivity index (χ0v) is 8.58. The van der Waals surface area contributed by atoms with Crippen molar-refractivity contribution in [2.75, 3.05) is 6.61 Å². The van der Waals surface area contributed by atoms with Crippen LogP contribution in [0.15, 0.2) is 0 Å². The third-order valence-electron chi connectivity index (χ3n) is 1.90. The number of esters is 1. The predicted molar refractivity (Wildman–Crippen MR) is 51.4 cm³/mol. The zero-order chi connectivity index (χ0) is 10.1. The normalized spacial score (nSPS) is 12.5. The number of hydrogen-bond acceptors (Lipinski definition) is 3. The van der Waals surface area contributed by atoms with Crippen molar-refractivity contribution >= 4 is 5.97 Å². The average molecular weight is 188 g/mol. The number of unbranched alkanes of at least 4 members (excludes halogenated alkanes) is 2. The fraction of sp³-hybridized carbons (Fsp3) is 0.900. The quantitative estimate of drug-likeness (QED) is 0.490. The van der Waals surface area contributed by atoms with Crippen LogP contribution < -0.4 is 0 Å². The number of aliphatic hydroxyl groups excluding tert-OH is 1. The first-order valence-electron chi connectivity index (χ1n) is 4.98. The summed E-state index contributed by atoms with van der Waals surface area (Å²) in [6.07, 6.45) is 4.43. The molecule has 0 rings (SSSR count). The summed E-state index contributed by atoms with van der Waals surface area (Å²) in [7, 11) is 0. The molecule has 13 heavy (non-hydrogen) atoms. The van der Waals surface area contributed by atoms with E-state index in [4.69, 9.17) is 4.74 Å². The van der Waals surface area contributed by atoms with Gasteiger partial charge in [0.05, 0.1) is 12.7 Å². The van der Waals surface area contributed by atoms with E-state index in [0.717, 1.165) is 25.7 Å². The Morgan fingerprint density at radius 3 is 2.62 bits per heavy atom. The van der Waals surface area contributed by atoms with Gasteiger partial charge in [0.15, 0.2) is 0 Å². The number of carbonyl (C=O) groups is 1. The molecule has 0 aliphatic heterocycles. The summed E-state index contributed by atoms with van der Waals surface area (Å²) in [6, 6.07) is 0. The van der Waals surface area contributed by atoms with Crippen LogP contribution in [0.5, 0.6) is 0 Å². The maximum Gasteiger partial charge on any atom is 0.302 e. The summed E-state index contributed by atoms with van der Waals surface area (Å²) < 4.78 is 4.72. The van der Waals surface area contributed by atoms with E-state index >= 15 is 0 Å². The highest BCUT2D eigenvalue weighted by Crippen LogP contribution is 2.06. The summed E-state index contributed by atoms with van der Waals surface area (Å²) in [5.41, 5.74) is 0. The maximum absolute atomic E-state index is 10.4. The molecule has 78 valence electrons. The number of aliphatic hydroxyl groups is 1. The van der Waals surface area contributed by atoms with Crippen LogP contribution in [0.1, 0.15) is 46.0 Å². The molecule has 1 N–H and O–H groups in total. The van der Waals surface area contributed by atoms with Crippen LogP contribution in [0.4, 0.5) is 0 Å². The lowest BCUT2D eigenvalue weighted by molar-refractivity contribution is -0.141. The standard InChI is InChI=1S/C10H20O3/c1-3-4-5-6-10(12)7-8-13-9(2)11/h10,12H,3-8H2,1-2H3. The van der Waals surface area contributed by atoms with Crippen LogP contribution in [-0.2, 0) is 9.53 Å². The van der Waals surface area contributed by atoms with Gasteiger partial charge in [0.25, 0.3) is 0 Å². The largest absolute Gasteiger partial charge is 0.466 e. The van der Waals surface area contributed by atoms with Crippen molar-refractivity contribution in [3.63, 3.8) is 0 Å². The Balaban J connectivity index is 3.19. The van der Waals surface area contributed by atoms with Crippen molar-refractivity contribution in [1.82, 2.24) is 0 Å². The summed E-state index contributed by atoms with van der Waals surface area (Å²) in [4.78, 5) is 10.4. The molecule has 0 fully saturated rings. The molecule has 0 saturated heterocycles. The lowest BCUT2D eigenvalue weighted by Gasteiger charge is -2.09. The van der Waals surface area contributed by atoms with Gasteiger partial charge in [0.1, 0.15) is 0 Å². The van der Waals surface area contributed by atoms with Gasteiger partial charge in [-0.1, -0.05) is 26.2 Å². The minimum Gasteiger partial charge on any atom is -0.466 e. The minimum atomic E-state index is -0.314. The Morgan fingerprint density at radius 2 is 2.08 bits per heavy atom. The highest BCUT2D eigenvalue weighted by Gasteiger charge is 2.04. The number of carbonyl (C=O) groups excluding carboxylic acids is 1. The molecule has 0 bridgehead atoms. The number of hydrogen-bond donors (Lipinski definition) is 1. The van der Waals surface area contributed by atoms with Crippen molar-refractivity contribution < 1.29 is 14.6 Å². The van der Waals surface area contributed by atoms with Crippen LogP contribution >= 0.6 is 0 Å². The third-order valence-corrected chi connectivity index (χ3v) is 1.90. The molecular formula is C10H20O3. The molecule has 0 saturated carbocycles.